The van der Waals surface area contributed by atoms with Crippen LogP contribution in [-0.2, 0) is 10.8 Å². The predicted molar refractivity (Wildman–Crippen MR) is 258 cm³/mol. The van der Waals surface area contributed by atoms with Gasteiger partial charge in [0.2, 0.25) is 0 Å². The normalized spacial score (nSPS) is 13.8. The van der Waals surface area contributed by atoms with Crippen LogP contribution >= 0.6 is 0 Å². The Morgan fingerprint density at radius 3 is 1.23 bits per heavy atom. The Bertz CT molecular complexity index is 3070. The van der Waals surface area contributed by atoms with Crippen LogP contribution in [0.2, 0.25) is 0 Å². The summed E-state index contributed by atoms with van der Waals surface area (Å²) in [7, 11) is 0. The molecular weight excluding hydrogens is 735 g/mol. The third-order valence-corrected chi connectivity index (χ3v) is 13.4. The van der Waals surface area contributed by atoms with Gasteiger partial charge in [-0.15, -0.1) is 0 Å². The molecule has 0 spiro atoms. The van der Waals surface area contributed by atoms with E-state index in [2.05, 4.69) is 245 Å². The lowest BCUT2D eigenvalue weighted by atomic mass is 9.77. The zero-order valence-electron chi connectivity index (χ0n) is 35.2. The van der Waals surface area contributed by atoms with Gasteiger partial charge in [-0.2, -0.15) is 0 Å². The SMILES string of the molecule is CC1(C)c2cc(N(c3ccccc3)c3ccc(-c4ccc(-c5ccccc5)cc4)cc3)ccc2-c2cc3c(cc21)-c1cc(-c2ccccc2)cc(-c2ccccc2)c1C3(C)C. The van der Waals surface area contributed by atoms with Gasteiger partial charge in [-0.1, -0.05) is 179 Å². The average molecular weight is 782 g/mol. The number of hydrogen-bond donors (Lipinski definition) is 0. The second kappa shape index (κ2) is 14.2. The topological polar surface area (TPSA) is 3.24 Å². The molecule has 2 aliphatic carbocycles. The first-order valence-corrected chi connectivity index (χ1v) is 21.5. The first kappa shape index (κ1) is 36.8. The molecule has 1 heteroatoms. The molecule has 11 rings (SSSR count). The summed E-state index contributed by atoms with van der Waals surface area (Å²) in [4.78, 5) is 2.40. The highest BCUT2D eigenvalue weighted by Crippen LogP contribution is 2.59. The van der Waals surface area contributed by atoms with Gasteiger partial charge in [0, 0.05) is 27.9 Å². The molecule has 1 nitrogen and oxygen atoms in total. The van der Waals surface area contributed by atoms with Crippen LogP contribution < -0.4 is 4.90 Å². The van der Waals surface area contributed by atoms with Crippen molar-refractivity contribution >= 4 is 17.1 Å². The molecule has 9 aromatic carbocycles. The zero-order chi connectivity index (χ0) is 41.3. The minimum absolute atomic E-state index is 0.187. The average Bonchev–Trinajstić information content (AvgIpc) is 3.68. The fourth-order valence-electron chi connectivity index (χ4n) is 10.3. The molecule has 0 aliphatic heterocycles. The lowest BCUT2D eigenvalue weighted by Crippen LogP contribution is -2.18. The van der Waals surface area contributed by atoms with E-state index in [4.69, 9.17) is 0 Å². The molecule has 292 valence electrons. The molecular formula is C60H47N. The quantitative estimate of drug-likeness (QED) is 0.156. The van der Waals surface area contributed by atoms with Crippen molar-refractivity contribution in [3.05, 3.63) is 235 Å². The summed E-state index contributed by atoms with van der Waals surface area (Å²) in [5, 5.41) is 0. The van der Waals surface area contributed by atoms with E-state index >= 15 is 0 Å². The van der Waals surface area contributed by atoms with Gasteiger partial charge < -0.3 is 4.90 Å². The van der Waals surface area contributed by atoms with E-state index < -0.39 is 0 Å². The number of fused-ring (bicyclic) bond motifs is 6. The molecule has 9 aromatic rings. The van der Waals surface area contributed by atoms with Crippen LogP contribution in [0.25, 0.3) is 66.8 Å². The lowest BCUT2D eigenvalue weighted by Gasteiger charge is -2.28. The van der Waals surface area contributed by atoms with Gasteiger partial charge >= 0.3 is 0 Å². The molecule has 0 saturated heterocycles. The van der Waals surface area contributed by atoms with Crippen molar-refractivity contribution in [2.24, 2.45) is 0 Å². The highest BCUT2D eigenvalue weighted by Gasteiger charge is 2.43. The van der Waals surface area contributed by atoms with Gasteiger partial charge in [-0.05, 0) is 150 Å². The summed E-state index contributed by atoms with van der Waals surface area (Å²) in [6, 6.07) is 78.2. The predicted octanol–water partition coefficient (Wildman–Crippen LogP) is 16.4. The monoisotopic (exact) mass is 781 g/mol. The fraction of sp³-hybridized carbons (Fsp3) is 0.100. The minimum Gasteiger partial charge on any atom is -0.310 e. The Balaban J connectivity index is 0.991. The van der Waals surface area contributed by atoms with E-state index in [-0.39, 0.29) is 10.8 Å². The second-order valence-corrected chi connectivity index (χ2v) is 17.8. The molecule has 0 N–H and O–H groups in total. The second-order valence-electron chi connectivity index (χ2n) is 17.8. The summed E-state index contributed by atoms with van der Waals surface area (Å²) >= 11 is 0. The molecule has 0 saturated carbocycles. The standard InChI is InChI=1S/C60H47N/c1-59(2)55-37-49(61(47-23-15-8-16-24-47)48-31-29-44(30-32-48)43-27-25-42(26-28-43)40-17-9-5-10-18-40)33-34-50(55)52-38-57-53(39-56(52)59)54-36-46(41-19-11-6-12-20-41)35-51(58(54)60(57,3)4)45-21-13-7-14-22-45/h5-39H,1-4H3. The van der Waals surface area contributed by atoms with Crippen LogP contribution in [0.5, 0.6) is 0 Å². The van der Waals surface area contributed by atoms with E-state index in [0.717, 1.165) is 17.1 Å². The third kappa shape index (κ3) is 6.07. The molecule has 61 heavy (non-hydrogen) atoms. The van der Waals surface area contributed by atoms with E-state index in [1.165, 1.54) is 89.0 Å². The van der Waals surface area contributed by atoms with Crippen molar-refractivity contribution in [1.29, 1.82) is 0 Å². The highest BCUT2D eigenvalue weighted by molar-refractivity contribution is 5.96. The summed E-state index contributed by atoms with van der Waals surface area (Å²) in [5.74, 6) is 0. The maximum Gasteiger partial charge on any atom is 0.0465 e. The van der Waals surface area contributed by atoms with Gasteiger partial charge in [0.25, 0.3) is 0 Å². The Hall–Kier alpha value is -7.22. The number of hydrogen-bond acceptors (Lipinski definition) is 1. The zero-order valence-corrected chi connectivity index (χ0v) is 35.2. The summed E-state index contributed by atoms with van der Waals surface area (Å²) in [5.41, 5.74) is 23.9. The Labute approximate surface area is 360 Å². The molecule has 2 aliphatic rings. The first-order valence-electron chi connectivity index (χ1n) is 21.5. The minimum atomic E-state index is -0.208. The van der Waals surface area contributed by atoms with Crippen LogP contribution in [0.1, 0.15) is 49.9 Å². The third-order valence-electron chi connectivity index (χ3n) is 13.4. The van der Waals surface area contributed by atoms with Crippen molar-refractivity contribution in [2.45, 2.75) is 38.5 Å². The molecule has 0 fully saturated rings. The maximum atomic E-state index is 2.54. The van der Waals surface area contributed by atoms with Crippen molar-refractivity contribution in [2.75, 3.05) is 4.90 Å². The van der Waals surface area contributed by atoms with Gasteiger partial charge in [0.1, 0.15) is 0 Å². The van der Waals surface area contributed by atoms with Crippen molar-refractivity contribution in [1.82, 2.24) is 0 Å². The number of nitrogens with zero attached hydrogens (tertiary/aromatic N) is 1. The van der Waals surface area contributed by atoms with Gasteiger partial charge in [-0.25, -0.2) is 0 Å². The Morgan fingerprint density at radius 1 is 0.262 bits per heavy atom. The molecule has 0 bridgehead atoms. The largest absolute Gasteiger partial charge is 0.310 e. The van der Waals surface area contributed by atoms with Crippen LogP contribution in [0.15, 0.2) is 212 Å². The number of anilines is 3. The first-order chi connectivity index (χ1) is 29.8. The summed E-state index contributed by atoms with van der Waals surface area (Å²) in [6.45, 7) is 9.67. The van der Waals surface area contributed by atoms with Gasteiger partial charge in [0.05, 0.1) is 0 Å². The van der Waals surface area contributed by atoms with Crippen LogP contribution in [0.4, 0.5) is 17.1 Å². The molecule has 0 heterocycles. The summed E-state index contributed by atoms with van der Waals surface area (Å²) in [6.07, 6.45) is 0. The molecule has 0 radical (unpaired) electrons. The van der Waals surface area contributed by atoms with E-state index in [9.17, 15) is 0 Å². The van der Waals surface area contributed by atoms with E-state index in [0.29, 0.717) is 0 Å². The van der Waals surface area contributed by atoms with Crippen LogP contribution in [0.3, 0.4) is 0 Å². The molecule has 0 unspecified atom stereocenters. The summed E-state index contributed by atoms with van der Waals surface area (Å²) < 4.78 is 0. The Morgan fingerprint density at radius 2 is 0.656 bits per heavy atom. The number of para-hydroxylation sites is 1. The molecule has 0 amide bonds. The highest BCUT2D eigenvalue weighted by atomic mass is 15.1. The van der Waals surface area contributed by atoms with Gasteiger partial charge in [-0.3, -0.25) is 0 Å². The lowest BCUT2D eigenvalue weighted by molar-refractivity contribution is 0.653. The molecule has 0 atom stereocenters. The van der Waals surface area contributed by atoms with Gasteiger partial charge in [0.15, 0.2) is 0 Å². The maximum absolute atomic E-state index is 2.54. The van der Waals surface area contributed by atoms with E-state index in [1.54, 1.807) is 0 Å². The van der Waals surface area contributed by atoms with Crippen LogP contribution in [0, 0.1) is 0 Å². The van der Waals surface area contributed by atoms with E-state index in [1.807, 2.05) is 0 Å². The van der Waals surface area contributed by atoms with Crippen molar-refractivity contribution in [3.8, 4) is 66.8 Å². The fourth-order valence-corrected chi connectivity index (χ4v) is 10.3. The van der Waals surface area contributed by atoms with Crippen molar-refractivity contribution in [3.63, 3.8) is 0 Å². The van der Waals surface area contributed by atoms with Crippen LogP contribution in [-0.4, -0.2) is 0 Å². The Kier molecular flexibility index (Phi) is 8.58. The molecule has 0 aromatic heterocycles. The van der Waals surface area contributed by atoms with Crippen molar-refractivity contribution < 1.29 is 0 Å². The number of rotatable bonds is 7. The number of benzene rings is 9. The smallest absolute Gasteiger partial charge is 0.0465 e.